The number of fused-ring (bicyclic) bond motifs is 1. The number of Topliss-reactive ketones (excluding diaryl/α,β-unsaturated/α-hetero) is 1. The van der Waals surface area contributed by atoms with Crippen LogP contribution in [-0.4, -0.2) is 261 Å². The number of cyclic esters (lactones) is 1. The lowest BCUT2D eigenvalue weighted by Gasteiger charge is -2.30. The van der Waals surface area contributed by atoms with Gasteiger partial charge in [-0.05, 0) is 81.0 Å². The molecule has 5 rings (SSSR count). The van der Waals surface area contributed by atoms with Gasteiger partial charge in [0, 0.05) is 59.8 Å². The van der Waals surface area contributed by atoms with E-state index in [1.165, 1.54) is 49.6 Å². The van der Waals surface area contributed by atoms with E-state index in [-0.39, 0.29) is 54.1 Å². The summed E-state index contributed by atoms with van der Waals surface area (Å²) < 4.78 is 10.9. The van der Waals surface area contributed by atoms with Crippen LogP contribution in [0.4, 0.5) is 11.4 Å². The first-order valence-electron chi connectivity index (χ1n) is 40.1. The van der Waals surface area contributed by atoms with Crippen LogP contribution >= 0.6 is 0 Å². The van der Waals surface area contributed by atoms with Gasteiger partial charge in [-0.1, -0.05) is 82.7 Å². The number of amides is 15. The van der Waals surface area contributed by atoms with Crippen molar-refractivity contribution in [1.82, 2.24) is 79.4 Å². The number of ether oxygens (including phenoxy) is 2. The minimum atomic E-state index is -2.51. The van der Waals surface area contributed by atoms with Crippen LogP contribution < -0.4 is 96.4 Å². The van der Waals surface area contributed by atoms with Crippen LogP contribution in [0.25, 0.3) is 10.9 Å². The minimum Gasteiger partial charge on any atom is -0.497 e. The summed E-state index contributed by atoms with van der Waals surface area (Å²) in [6.45, 7) is 0.764. The van der Waals surface area contributed by atoms with Crippen LogP contribution in [0.1, 0.15) is 157 Å². The van der Waals surface area contributed by atoms with E-state index in [9.17, 15) is 126 Å². The van der Waals surface area contributed by atoms with Gasteiger partial charge in [-0.15, -0.1) is 0 Å². The van der Waals surface area contributed by atoms with Crippen molar-refractivity contribution in [2.45, 2.75) is 209 Å². The Hall–Kier alpha value is -14.4. The first-order valence-corrected chi connectivity index (χ1v) is 40.1. The summed E-state index contributed by atoms with van der Waals surface area (Å²) in [6, 6.07) is -7.11. The van der Waals surface area contributed by atoms with Crippen LogP contribution in [0.15, 0.2) is 72.9 Å². The number of hydrogen-bond donors (Lipinski definition) is 23. The number of carbonyl (C=O) groups excluding carboxylic acids is 17. The third-order valence-electron chi connectivity index (χ3n) is 19.6. The van der Waals surface area contributed by atoms with Gasteiger partial charge in [0.2, 0.25) is 82.7 Å². The lowest BCUT2D eigenvalue weighted by atomic mass is 9.96. The monoisotopic (exact) mass is 1770 g/mol. The Kier molecular flexibility index (Phi) is 41.3. The van der Waals surface area contributed by atoms with Gasteiger partial charge in [-0.25, -0.2) is 4.79 Å². The number of primary amides is 1. The summed E-state index contributed by atoms with van der Waals surface area (Å²) in [5.74, 6) is -31.0. The van der Waals surface area contributed by atoms with Gasteiger partial charge in [0.15, 0.2) is 5.78 Å². The highest BCUT2D eigenvalue weighted by Gasteiger charge is 2.41. The molecule has 126 heavy (non-hydrogen) atoms. The third kappa shape index (κ3) is 33.8. The Labute approximate surface area is 720 Å². The number of hydrogen-bond acceptors (Lipinski definition) is 26. The van der Waals surface area contributed by atoms with Gasteiger partial charge in [-0.3, -0.25) is 95.9 Å². The van der Waals surface area contributed by atoms with E-state index in [1.807, 2.05) is 16.0 Å². The number of nitrogen functional groups attached to an aromatic ring is 2. The largest absolute Gasteiger partial charge is 0.497 e. The van der Waals surface area contributed by atoms with Crippen molar-refractivity contribution in [2.75, 3.05) is 44.8 Å². The molecule has 686 valence electrons. The maximum atomic E-state index is 15.0. The Balaban J connectivity index is 1.64. The summed E-state index contributed by atoms with van der Waals surface area (Å²) in [4.78, 5) is 293. The number of ketones is 1. The highest BCUT2D eigenvalue weighted by molar-refractivity contribution is 6.06. The number of aliphatic carboxylic acids is 4. The van der Waals surface area contributed by atoms with E-state index in [1.54, 1.807) is 30.5 Å². The number of carbonyl (C=O) groups is 21. The summed E-state index contributed by atoms with van der Waals surface area (Å²) >= 11 is 0. The molecule has 0 radical (unpaired) electrons. The number of aromatic amines is 1. The van der Waals surface area contributed by atoms with E-state index in [4.69, 9.17) is 26.7 Å². The molecule has 13 unspecified atom stereocenters. The van der Waals surface area contributed by atoms with Crippen LogP contribution in [0, 0.1) is 5.92 Å². The molecule has 0 saturated carbocycles. The second-order valence-corrected chi connectivity index (χ2v) is 29.7. The number of H-pyrrole nitrogens is 1. The van der Waals surface area contributed by atoms with E-state index in [0.29, 0.717) is 29.3 Å². The Morgan fingerprint density at radius 2 is 1.10 bits per heavy atom. The summed E-state index contributed by atoms with van der Waals surface area (Å²) in [5, 5.41) is 81.7. The summed E-state index contributed by atoms with van der Waals surface area (Å²) in [7, 11) is 1.31. The first-order chi connectivity index (χ1) is 59.6. The molecule has 1 aliphatic rings. The topological polar surface area (TPSA) is 740 Å². The number of aliphatic hydroxyl groups is 1. The Morgan fingerprint density at radius 1 is 0.548 bits per heavy atom. The van der Waals surface area contributed by atoms with E-state index < -0.39 is 267 Å². The number of aromatic nitrogens is 1. The number of nitrogens with one attached hydrogen (secondary N) is 15. The lowest BCUT2D eigenvalue weighted by Crippen LogP contribution is -2.62. The zero-order valence-electron chi connectivity index (χ0n) is 69.6. The standard InChI is InChI=1S/C80H108N18O28/c1-6-7-8-9-10-11-12-23-60(102)90-51(28-42-35-85-49-21-16-14-18-44(42)49)74(118)93-52(31-59(83)101)75(119)95-55(34-66(111)112)76(120)98-68-41(4)126-80(124)56(30-58(100)45-19-13-15-20-47(45)81)96-79(123)67(39(2)27-63(105)106)97-77(121)57(38-99)91-62(104)36-86-71(115)53(32-64(107)108)92-69(113)40(3)88-73(117)54(33-65(109)110)94-72(116)50(89-61(103)37-87-78(68)122)22-17-26-84-70(114)46-29-43(125-5)24-25-48(46)82/h13-16,18-21,24-25,29,35,39-41,50-57,67-68,85,99H,6-12,17,22-23,26-28,30-34,36-38,81-82H2,1-5H3,(H2,83,101)(H,84,114)(H,86,115)(H,87,122)(H,88,117)(H,89,103)(H,90,102)(H,91,104)(H,92,113)(H,93,118)(H,94,116)(H,95,119)(H,96,123)(H,97,121)(H,98,120)(H,105,106)(H,107,108)(H,109,110)(H,111,112). The number of carboxylic acids is 4. The van der Waals surface area contributed by atoms with Crippen molar-refractivity contribution in [3.8, 4) is 5.75 Å². The summed E-state index contributed by atoms with van der Waals surface area (Å²) in [6.07, 6.45) is -3.08. The molecule has 0 aliphatic carbocycles. The quantitative estimate of drug-likeness (QED) is 0.00869. The molecule has 46 nitrogen and oxygen atoms in total. The highest BCUT2D eigenvalue weighted by Crippen LogP contribution is 2.23. The SMILES string of the molecule is CCCCCCCCCC(=O)NC(Cc1c[nH]c2ccccc12)C(=O)NC(CC(N)=O)C(=O)NC(CC(=O)O)C(=O)NC1C(=O)NCC(=O)NC(CCCNC(=O)c2cc(OC)ccc2N)C(=O)NC(CC(=O)O)C(=O)NC(C)C(=O)NC(CC(=O)O)C(=O)NCC(=O)NC(CO)C(=O)NC(C(C)CC(=O)O)C(=O)NC(CC(=O)c2ccccc2N)C(=O)OC1C. The number of nitrogens with two attached hydrogens (primary N) is 3. The zero-order chi connectivity index (χ0) is 93.6. The normalized spacial score (nSPS) is 20.3. The van der Waals surface area contributed by atoms with Crippen molar-refractivity contribution in [1.29, 1.82) is 0 Å². The van der Waals surface area contributed by atoms with E-state index in [0.717, 1.165) is 52.9 Å². The maximum absolute atomic E-state index is 15.0. The molecular weight excluding hydrogens is 1660 g/mol. The minimum absolute atomic E-state index is 0.00882. The fourth-order valence-electron chi connectivity index (χ4n) is 12.9. The molecule has 0 spiro atoms. The van der Waals surface area contributed by atoms with Crippen molar-refractivity contribution in [2.24, 2.45) is 11.7 Å². The average molecular weight is 1770 g/mol. The smallest absolute Gasteiger partial charge is 0.329 e. The number of esters is 1. The molecule has 1 saturated heterocycles. The van der Waals surface area contributed by atoms with Gasteiger partial charge in [0.05, 0.1) is 64.5 Å². The van der Waals surface area contributed by atoms with Gasteiger partial charge < -0.3 is 132 Å². The molecule has 26 N–H and O–H groups in total. The van der Waals surface area contributed by atoms with Crippen molar-refractivity contribution in [3.63, 3.8) is 0 Å². The average Bonchev–Trinajstić information content (AvgIpc) is 1.43. The van der Waals surface area contributed by atoms with Crippen molar-refractivity contribution in [3.05, 3.63) is 89.6 Å². The molecule has 46 heteroatoms. The van der Waals surface area contributed by atoms with Crippen LogP contribution in [0.2, 0.25) is 0 Å². The van der Waals surface area contributed by atoms with Crippen molar-refractivity contribution >= 4 is 147 Å². The molecule has 3 aromatic carbocycles. The highest BCUT2D eigenvalue weighted by atomic mass is 16.5. The molecule has 15 amide bonds. The third-order valence-corrected chi connectivity index (χ3v) is 19.6. The fraction of sp³-hybridized carbons (Fsp3) is 0.487. The number of methoxy groups -OCH3 is 1. The summed E-state index contributed by atoms with van der Waals surface area (Å²) in [5.41, 5.74) is 18.3. The predicted octanol–water partition coefficient (Wildman–Crippen LogP) is -4.56. The number of unbranched alkanes of at least 4 members (excludes halogenated alkanes) is 6. The van der Waals surface area contributed by atoms with E-state index >= 15 is 0 Å². The van der Waals surface area contributed by atoms with Crippen LogP contribution in [-0.2, 0) is 102 Å². The molecule has 4 aromatic rings. The maximum Gasteiger partial charge on any atom is 0.329 e. The number of para-hydroxylation sites is 2. The first kappa shape index (κ1) is 102. The molecular formula is C80H108N18O28. The number of benzene rings is 3. The molecule has 13 atom stereocenters. The molecule has 0 bridgehead atoms. The lowest BCUT2D eigenvalue weighted by molar-refractivity contribution is -0.156. The molecule has 1 fully saturated rings. The second kappa shape index (κ2) is 50.9. The van der Waals surface area contributed by atoms with Gasteiger partial charge >= 0.3 is 29.8 Å². The van der Waals surface area contributed by atoms with Gasteiger partial charge in [0.1, 0.15) is 78.3 Å². The number of anilines is 2. The molecule has 1 aromatic heterocycles. The Morgan fingerprint density at radius 3 is 1.72 bits per heavy atom. The Bertz CT molecular complexity index is 4650. The molecule has 1 aliphatic heterocycles. The molecule has 2 heterocycles. The fourth-order valence-corrected chi connectivity index (χ4v) is 12.9. The predicted molar refractivity (Wildman–Crippen MR) is 441 cm³/mol. The second-order valence-electron chi connectivity index (χ2n) is 29.7. The van der Waals surface area contributed by atoms with Crippen LogP contribution in [0.3, 0.4) is 0 Å². The van der Waals surface area contributed by atoms with E-state index in [2.05, 4.69) is 70.4 Å². The van der Waals surface area contributed by atoms with Gasteiger partial charge in [0.25, 0.3) is 5.91 Å². The van der Waals surface area contributed by atoms with Gasteiger partial charge in [-0.2, -0.15) is 0 Å². The number of carboxylic acid groups (broad SMARTS) is 4. The number of aliphatic hydroxyl groups excluding tert-OH is 1. The van der Waals surface area contributed by atoms with Crippen molar-refractivity contribution < 1.29 is 136 Å². The number of rotatable bonds is 38. The zero-order valence-corrected chi connectivity index (χ0v) is 69.6. The van der Waals surface area contributed by atoms with Crippen LogP contribution in [0.5, 0.6) is 5.75 Å².